The molecule has 0 aliphatic heterocycles. The summed E-state index contributed by atoms with van der Waals surface area (Å²) in [5, 5.41) is 37.9. The topological polar surface area (TPSA) is 130 Å². The van der Waals surface area contributed by atoms with Crippen LogP contribution in [-0.2, 0) is 5.41 Å². The Hall–Kier alpha value is -2.91. The zero-order valence-electron chi connectivity index (χ0n) is 17.9. The third-order valence-electron chi connectivity index (χ3n) is 5.78. The van der Waals surface area contributed by atoms with Gasteiger partial charge in [0, 0.05) is 22.4 Å². The van der Waals surface area contributed by atoms with E-state index in [9.17, 15) is 15.0 Å². The number of furan rings is 1. The maximum Gasteiger partial charge on any atom is 0.197 e. The van der Waals surface area contributed by atoms with Crippen molar-refractivity contribution in [2.75, 3.05) is 26.4 Å². The van der Waals surface area contributed by atoms with E-state index in [2.05, 4.69) is 0 Å². The van der Waals surface area contributed by atoms with Crippen molar-refractivity contribution in [3.8, 4) is 11.5 Å². The number of fused-ring (bicyclic) bond motifs is 4. The van der Waals surface area contributed by atoms with Crippen LogP contribution in [0.3, 0.4) is 0 Å². The SMILES string of the molecule is CC1(C)c2cc(OC[C@@H](O)C(O)CO)ccc2C(=O)c2c1oc1cc(OCCO)ccc21. The van der Waals surface area contributed by atoms with Gasteiger partial charge in [-0.25, -0.2) is 0 Å². The number of carbonyl (C=O) groups is 1. The number of ketones is 1. The molecule has 170 valence electrons. The molecule has 0 spiro atoms. The molecule has 4 rings (SSSR count). The Morgan fingerprint density at radius 1 is 1.00 bits per heavy atom. The second-order valence-corrected chi connectivity index (χ2v) is 8.33. The van der Waals surface area contributed by atoms with Crippen molar-refractivity contribution in [1.29, 1.82) is 0 Å². The number of benzene rings is 2. The molecule has 8 nitrogen and oxygen atoms in total. The van der Waals surface area contributed by atoms with Crippen LogP contribution in [0.4, 0.5) is 0 Å². The van der Waals surface area contributed by atoms with Crippen molar-refractivity contribution in [2.45, 2.75) is 31.5 Å². The largest absolute Gasteiger partial charge is 0.491 e. The molecule has 32 heavy (non-hydrogen) atoms. The lowest BCUT2D eigenvalue weighted by Gasteiger charge is -2.31. The third-order valence-corrected chi connectivity index (χ3v) is 5.78. The zero-order valence-corrected chi connectivity index (χ0v) is 17.9. The highest BCUT2D eigenvalue weighted by atomic mass is 16.5. The smallest absolute Gasteiger partial charge is 0.197 e. The average Bonchev–Trinajstić information content (AvgIpc) is 3.19. The molecular weight excluding hydrogens is 416 g/mol. The minimum absolute atomic E-state index is 0.103. The third kappa shape index (κ3) is 3.75. The molecule has 1 unspecified atom stereocenters. The minimum atomic E-state index is -1.30. The van der Waals surface area contributed by atoms with Crippen LogP contribution in [0.25, 0.3) is 11.0 Å². The molecule has 4 N–H and O–H groups in total. The molecule has 1 heterocycles. The number of hydrogen-bond donors (Lipinski definition) is 4. The van der Waals surface area contributed by atoms with Crippen LogP contribution >= 0.6 is 0 Å². The first-order valence-electron chi connectivity index (χ1n) is 10.4. The molecule has 0 bridgehead atoms. The monoisotopic (exact) mass is 442 g/mol. The van der Waals surface area contributed by atoms with Crippen molar-refractivity contribution >= 4 is 16.8 Å². The zero-order chi connectivity index (χ0) is 23.0. The summed E-state index contributed by atoms with van der Waals surface area (Å²) >= 11 is 0. The molecule has 1 aromatic heterocycles. The molecule has 2 aromatic carbocycles. The molecule has 2 atom stereocenters. The van der Waals surface area contributed by atoms with Crippen molar-refractivity contribution < 1.29 is 39.1 Å². The Morgan fingerprint density at radius 2 is 1.72 bits per heavy atom. The molecule has 0 saturated carbocycles. The lowest BCUT2D eigenvalue weighted by atomic mass is 9.71. The van der Waals surface area contributed by atoms with Gasteiger partial charge in [-0.2, -0.15) is 0 Å². The van der Waals surface area contributed by atoms with E-state index in [0.717, 1.165) is 5.56 Å². The maximum atomic E-state index is 13.4. The number of rotatable bonds is 8. The Kier molecular flexibility index (Phi) is 5.96. The Bertz CT molecular complexity index is 1150. The van der Waals surface area contributed by atoms with E-state index in [1.807, 2.05) is 13.8 Å². The summed E-state index contributed by atoms with van der Waals surface area (Å²) in [5.74, 6) is 1.35. The first kappa shape index (κ1) is 22.3. The molecule has 1 aliphatic carbocycles. The fourth-order valence-electron chi connectivity index (χ4n) is 4.00. The molecule has 0 saturated heterocycles. The fourth-order valence-corrected chi connectivity index (χ4v) is 4.00. The van der Waals surface area contributed by atoms with Crippen LogP contribution in [0.2, 0.25) is 0 Å². The fraction of sp³-hybridized carbons (Fsp3) is 0.375. The second-order valence-electron chi connectivity index (χ2n) is 8.33. The highest BCUT2D eigenvalue weighted by Gasteiger charge is 2.41. The Labute approximate surface area is 184 Å². The lowest BCUT2D eigenvalue weighted by Crippen LogP contribution is -2.34. The normalized spacial score (nSPS) is 16.4. The Morgan fingerprint density at radius 3 is 2.44 bits per heavy atom. The van der Waals surface area contributed by atoms with E-state index in [4.69, 9.17) is 24.1 Å². The molecule has 8 heteroatoms. The van der Waals surface area contributed by atoms with Crippen LogP contribution in [0, 0.1) is 0 Å². The summed E-state index contributed by atoms with van der Waals surface area (Å²) in [4.78, 5) is 13.4. The number of ether oxygens (including phenoxy) is 2. The number of hydrogen-bond acceptors (Lipinski definition) is 8. The van der Waals surface area contributed by atoms with Gasteiger partial charge in [0.25, 0.3) is 0 Å². The van der Waals surface area contributed by atoms with E-state index in [1.165, 1.54) is 0 Å². The van der Waals surface area contributed by atoms with E-state index < -0.39 is 24.2 Å². The van der Waals surface area contributed by atoms with E-state index in [0.29, 0.717) is 39.4 Å². The van der Waals surface area contributed by atoms with Gasteiger partial charge >= 0.3 is 0 Å². The highest BCUT2D eigenvalue weighted by molar-refractivity contribution is 6.19. The maximum absolute atomic E-state index is 13.4. The summed E-state index contributed by atoms with van der Waals surface area (Å²) in [6.45, 7) is 3.19. The summed E-state index contributed by atoms with van der Waals surface area (Å²) < 4.78 is 17.2. The van der Waals surface area contributed by atoms with Crippen LogP contribution in [-0.4, -0.2) is 64.8 Å². The molecule has 0 fully saturated rings. The van der Waals surface area contributed by atoms with Gasteiger partial charge in [0.15, 0.2) is 5.78 Å². The summed E-state index contributed by atoms with van der Waals surface area (Å²) in [6, 6.07) is 10.3. The van der Waals surface area contributed by atoms with Crippen LogP contribution < -0.4 is 9.47 Å². The van der Waals surface area contributed by atoms with Gasteiger partial charge in [0.1, 0.15) is 48.3 Å². The van der Waals surface area contributed by atoms with Crippen LogP contribution in [0.1, 0.15) is 41.1 Å². The second kappa shape index (κ2) is 8.55. The standard InChI is InChI=1S/C24H26O8/c1-24(2)17-9-13(31-12-19(28)18(27)11-26)3-5-15(17)22(29)21-16-6-4-14(30-8-7-25)10-20(16)32-23(21)24/h3-6,9-10,18-19,25-28H,7-8,11-12H2,1-2H3/t18?,19-/m1/s1. The minimum Gasteiger partial charge on any atom is -0.491 e. The molecule has 3 aromatic rings. The molecular formula is C24H26O8. The number of carbonyl (C=O) groups excluding carboxylic acids is 1. The van der Waals surface area contributed by atoms with Gasteiger partial charge in [-0.3, -0.25) is 4.79 Å². The first-order valence-corrected chi connectivity index (χ1v) is 10.4. The van der Waals surface area contributed by atoms with Gasteiger partial charge in [0.2, 0.25) is 0 Å². The predicted molar refractivity (Wildman–Crippen MR) is 115 cm³/mol. The summed E-state index contributed by atoms with van der Waals surface area (Å²) in [5.41, 5.74) is 1.65. The quantitative estimate of drug-likeness (QED) is 0.415. The summed E-state index contributed by atoms with van der Waals surface area (Å²) in [6.07, 6.45) is -2.54. The van der Waals surface area contributed by atoms with Gasteiger partial charge in [-0.15, -0.1) is 0 Å². The molecule has 1 aliphatic rings. The average molecular weight is 442 g/mol. The van der Waals surface area contributed by atoms with Crippen molar-refractivity contribution in [3.63, 3.8) is 0 Å². The van der Waals surface area contributed by atoms with Gasteiger partial charge in [-0.05, 0) is 49.7 Å². The summed E-state index contributed by atoms with van der Waals surface area (Å²) in [7, 11) is 0. The van der Waals surface area contributed by atoms with Gasteiger partial charge in [0.05, 0.1) is 18.8 Å². The van der Waals surface area contributed by atoms with Gasteiger partial charge in [-0.1, -0.05) is 0 Å². The van der Waals surface area contributed by atoms with E-state index in [1.54, 1.807) is 36.4 Å². The van der Waals surface area contributed by atoms with E-state index >= 15 is 0 Å². The van der Waals surface area contributed by atoms with Crippen molar-refractivity contribution in [1.82, 2.24) is 0 Å². The lowest BCUT2D eigenvalue weighted by molar-refractivity contribution is -0.0339. The number of aliphatic hydroxyl groups excluding tert-OH is 4. The molecule has 0 amide bonds. The first-order chi connectivity index (χ1) is 15.3. The van der Waals surface area contributed by atoms with Crippen LogP contribution in [0.5, 0.6) is 11.5 Å². The van der Waals surface area contributed by atoms with E-state index in [-0.39, 0.29) is 25.6 Å². The Balaban J connectivity index is 1.70. The van der Waals surface area contributed by atoms with Crippen LogP contribution in [0.15, 0.2) is 40.8 Å². The highest BCUT2D eigenvalue weighted by Crippen LogP contribution is 2.46. The van der Waals surface area contributed by atoms with Gasteiger partial charge < -0.3 is 34.3 Å². The van der Waals surface area contributed by atoms with Crippen molar-refractivity contribution in [3.05, 3.63) is 58.8 Å². The van der Waals surface area contributed by atoms with Crippen molar-refractivity contribution in [2.24, 2.45) is 0 Å². The predicted octanol–water partition coefficient (Wildman–Crippen LogP) is 1.77. The molecule has 0 radical (unpaired) electrons. The number of aliphatic hydroxyl groups is 4.